The van der Waals surface area contributed by atoms with E-state index in [4.69, 9.17) is 9.47 Å². The summed E-state index contributed by atoms with van der Waals surface area (Å²) in [5.41, 5.74) is -1.90. The first-order valence-electron chi connectivity index (χ1n) is 5.66. The molecule has 0 saturated heterocycles. The Hall–Kier alpha value is -1.64. The topological polar surface area (TPSA) is 18.5 Å². The summed E-state index contributed by atoms with van der Waals surface area (Å²) in [4.78, 5) is 0. The van der Waals surface area contributed by atoms with Crippen molar-refractivity contribution in [3.05, 3.63) is 75.9 Å². The van der Waals surface area contributed by atoms with Crippen LogP contribution in [-0.2, 0) is 9.47 Å². The maximum Gasteiger partial charge on any atom is 0.140 e. The Balaban J connectivity index is 5.57. The van der Waals surface area contributed by atoms with Crippen LogP contribution in [0, 0.1) is 0 Å². The zero-order valence-electron chi connectivity index (χ0n) is 10.9. The lowest BCUT2D eigenvalue weighted by Crippen LogP contribution is -2.52. The van der Waals surface area contributed by atoms with Gasteiger partial charge < -0.3 is 9.47 Å². The molecule has 0 radical (unpaired) electrons. The Bertz CT molecular complexity index is 289. The van der Waals surface area contributed by atoms with Gasteiger partial charge >= 0.3 is 0 Å². The number of ether oxygens (including phenoxy) is 2. The van der Waals surface area contributed by atoms with Gasteiger partial charge in [0.05, 0.1) is 13.2 Å². The normalized spacial score (nSPS) is 11.3. The Morgan fingerprint density at radius 2 is 0.889 bits per heavy atom. The highest BCUT2D eigenvalue weighted by Crippen LogP contribution is 2.35. The van der Waals surface area contributed by atoms with E-state index in [1.807, 2.05) is 0 Å². The molecule has 0 aliphatic carbocycles. The van der Waals surface area contributed by atoms with Crippen LogP contribution in [0.25, 0.3) is 0 Å². The van der Waals surface area contributed by atoms with Crippen molar-refractivity contribution in [2.24, 2.45) is 0 Å². The summed E-state index contributed by atoms with van der Waals surface area (Å²) < 4.78 is 11.5. The summed E-state index contributed by atoms with van der Waals surface area (Å²) >= 11 is 0. The van der Waals surface area contributed by atoms with Gasteiger partial charge in [0.25, 0.3) is 0 Å². The molecule has 0 aliphatic rings. The van der Waals surface area contributed by atoms with E-state index in [0.717, 1.165) is 0 Å². The molecule has 18 heavy (non-hydrogen) atoms. The predicted molar refractivity (Wildman–Crippen MR) is 78.5 cm³/mol. The van der Waals surface area contributed by atoms with Crippen molar-refractivity contribution in [3.63, 3.8) is 0 Å². The van der Waals surface area contributed by atoms with Gasteiger partial charge in [0.15, 0.2) is 0 Å². The van der Waals surface area contributed by atoms with Gasteiger partial charge in [-0.05, 0) is 0 Å². The molecule has 0 amide bonds. The minimum absolute atomic E-state index is 0.332. The van der Waals surface area contributed by atoms with E-state index in [2.05, 4.69) is 39.5 Å². The predicted octanol–water partition coefficient (Wildman–Crippen LogP) is 3.61. The molecule has 0 aromatic rings. The molecule has 0 N–H and O–H groups in total. The van der Waals surface area contributed by atoms with E-state index in [9.17, 15) is 0 Å². The molecule has 2 heteroatoms. The van der Waals surface area contributed by atoms with Crippen LogP contribution in [0.2, 0.25) is 0 Å². The third-order valence-corrected chi connectivity index (χ3v) is 2.70. The average Bonchev–Trinajstić information content (AvgIpc) is 2.43. The molecule has 0 bridgehead atoms. The number of hydrogen-bond acceptors (Lipinski definition) is 2. The highest BCUT2D eigenvalue weighted by atomic mass is 16.6. The fraction of sp³-hybridized carbons (Fsp3) is 0.250. The largest absolute Gasteiger partial charge is 0.359 e. The van der Waals surface area contributed by atoms with Crippen LogP contribution in [0.15, 0.2) is 75.9 Å². The molecular weight excluding hydrogens is 224 g/mol. The van der Waals surface area contributed by atoms with Crippen LogP contribution >= 0.6 is 0 Å². The lowest BCUT2D eigenvalue weighted by atomic mass is 9.82. The van der Waals surface area contributed by atoms with Crippen molar-refractivity contribution in [2.75, 3.05) is 13.2 Å². The molecule has 0 aromatic heterocycles. The molecule has 0 fully saturated rings. The van der Waals surface area contributed by atoms with E-state index < -0.39 is 11.2 Å². The standard InChI is InChI=1S/C16H22O2/c1-7-13-17-15(9-3,10-4)16(11-5,12-6)18-14-8-2/h7-12H,1-6,13-14H2. The second-order valence-corrected chi connectivity index (χ2v) is 3.60. The minimum atomic E-state index is -0.951. The zero-order valence-corrected chi connectivity index (χ0v) is 10.9. The molecule has 0 unspecified atom stereocenters. The van der Waals surface area contributed by atoms with Crippen molar-refractivity contribution < 1.29 is 9.47 Å². The van der Waals surface area contributed by atoms with Crippen molar-refractivity contribution in [3.8, 4) is 0 Å². The van der Waals surface area contributed by atoms with Gasteiger partial charge in [-0.1, -0.05) is 62.8 Å². The molecule has 0 saturated carbocycles. The molecule has 0 aliphatic heterocycles. The van der Waals surface area contributed by atoms with Crippen LogP contribution in [0.3, 0.4) is 0 Å². The van der Waals surface area contributed by atoms with Gasteiger partial charge in [-0.25, -0.2) is 0 Å². The van der Waals surface area contributed by atoms with Gasteiger partial charge in [0.2, 0.25) is 0 Å². The quantitative estimate of drug-likeness (QED) is 0.518. The van der Waals surface area contributed by atoms with Crippen LogP contribution in [0.5, 0.6) is 0 Å². The molecule has 0 atom stereocenters. The van der Waals surface area contributed by atoms with Crippen LogP contribution in [-0.4, -0.2) is 24.4 Å². The fourth-order valence-corrected chi connectivity index (χ4v) is 1.66. The minimum Gasteiger partial charge on any atom is -0.359 e. The Morgan fingerprint density at radius 3 is 1.06 bits per heavy atom. The Morgan fingerprint density at radius 1 is 0.611 bits per heavy atom. The summed E-state index contributed by atoms with van der Waals surface area (Å²) in [5, 5.41) is 0. The van der Waals surface area contributed by atoms with E-state index in [1.54, 1.807) is 36.5 Å². The SMILES string of the molecule is C=CCOC(C=C)(C=C)C(C=C)(C=C)OCC=C. The van der Waals surface area contributed by atoms with Crippen molar-refractivity contribution in [1.82, 2.24) is 0 Å². The number of rotatable bonds is 11. The van der Waals surface area contributed by atoms with E-state index in [-0.39, 0.29) is 0 Å². The number of hydrogen-bond donors (Lipinski definition) is 0. The molecule has 0 rings (SSSR count). The maximum atomic E-state index is 5.77. The third kappa shape index (κ3) is 2.97. The van der Waals surface area contributed by atoms with E-state index >= 15 is 0 Å². The van der Waals surface area contributed by atoms with Crippen LogP contribution in [0.4, 0.5) is 0 Å². The lowest BCUT2D eigenvalue weighted by molar-refractivity contribution is -0.0997. The molecule has 2 nitrogen and oxygen atoms in total. The van der Waals surface area contributed by atoms with Gasteiger partial charge in [0.1, 0.15) is 11.2 Å². The van der Waals surface area contributed by atoms with Crippen LogP contribution in [0.1, 0.15) is 0 Å². The zero-order chi connectivity index (χ0) is 14.1. The summed E-state index contributed by atoms with van der Waals surface area (Å²) in [6.45, 7) is 23.1. The summed E-state index contributed by atoms with van der Waals surface area (Å²) in [6, 6.07) is 0. The van der Waals surface area contributed by atoms with E-state index in [1.165, 1.54) is 0 Å². The van der Waals surface area contributed by atoms with Crippen molar-refractivity contribution in [1.29, 1.82) is 0 Å². The molecule has 0 spiro atoms. The second kappa shape index (κ2) is 7.64. The maximum absolute atomic E-state index is 5.77. The molecule has 0 heterocycles. The highest BCUT2D eigenvalue weighted by Gasteiger charge is 2.45. The summed E-state index contributed by atoms with van der Waals surface area (Å²) in [7, 11) is 0. The van der Waals surface area contributed by atoms with Gasteiger partial charge in [-0.15, -0.1) is 13.2 Å². The summed E-state index contributed by atoms with van der Waals surface area (Å²) in [6.07, 6.45) is 9.77. The van der Waals surface area contributed by atoms with E-state index in [0.29, 0.717) is 13.2 Å². The van der Waals surface area contributed by atoms with Crippen LogP contribution < -0.4 is 0 Å². The Kier molecular flexibility index (Phi) is 6.94. The Labute approximate surface area is 110 Å². The average molecular weight is 246 g/mol. The first-order valence-corrected chi connectivity index (χ1v) is 5.66. The first kappa shape index (κ1) is 16.4. The third-order valence-electron chi connectivity index (χ3n) is 2.70. The molecular formula is C16H22O2. The van der Waals surface area contributed by atoms with Crippen molar-refractivity contribution >= 4 is 0 Å². The molecule has 0 aromatic carbocycles. The summed E-state index contributed by atoms with van der Waals surface area (Å²) in [5.74, 6) is 0. The monoisotopic (exact) mass is 246 g/mol. The van der Waals surface area contributed by atoms with Gasteiger partial charge in [-0.2, -0.15) is 0 Å². The van der Waals surface area contributed by atoms with Gasteiger partial charge in [-0.3, -0.25) is 0 Å². The fourth-order valence-electron chi connectivity index (χ4n) is 1.66. The first-order chi connectivity index (χ1) is 8.61. The molecule has 98 valence electrons. The van der Waals surface area contributed by atoms with Crippen molar-refractivity contribution in [2.45, 2.75) is 11.2 Å². The lowest BCUT2D eigenvalue weighted by Gasteiger charge is -2.42. The van der Waals surface area contributed by atoms with Gasteiger partial charge in [0, 0.05) is 0 Å². The highest BCUT2D eigenvalue weighted by molar-refractivity contribution is 5.32. The second-order valence-electron chi connectivity index (χ2n) is 3.60. The smallest absolute Gasteiger partial charge is 0.140 e.